The summed E-state index contributed by atoms with van der Waals surface area (Å²) in [4.78, 5) is 8.22. The van der Waals surface area contributed by atoms with Crippen LogP contribution in [0, 0.1) is 5.41 Å². The van der Waals surface area contributed by atoms with E-state index in [4.69, 9.17) is 5.11 Å². The van der Waals surface area contributed by atoms with E-state index in [9.17, 15) is 0 Å². The van der Waals surface area contributed by atoms with Crippen molar-refractivity contribution in [3.05, 3.63) is 12.3 Å². The third-order valence-electron chi connectivity index (χ3n) is 2.06. The summed E-state index contributed by atoms with van der Waals surface area (Å²) in [6.45, 7) is 4.79. The highest BCUT2D eigenvalue weighted by molar-refractivity contribution is 5.39. The number of aromatic nitrogens is 2. The molecule has 0 saturated carbocycles. The average molecular weight is 210 g/mol. The van der Waals surface area contributed by atoms with Gasteiger partial charge in [-0.3, -0.25) is 0 Å². The molecule has 5 heteroatoms. The van der Waals surface area contributed by atoms with Crippen LogP contribution in [-0.2, 0) is 0 Å². The monoisotopic (exact) mass is 210 g/mol. The second kappa shape index (κ2) is 4.93. The predicted octanol–water partition coefficient (Wildman–Crippen LogP) is 0.949. The molecule has 5 nitrogen and oxygen atoms in total. The van der Waals surface area contributed by atoms with Crippen LogP contribution in [-0.4, -0.2) is 35.3 Å². The van der Waals surface area contributed by atoms with Crippen LogP contribution in [0.4, 0.5) is 11.8 Å². The summed E-state index contributed by atoms with van der Waals surface area (Å²) < 4.78 is 0. The molecule has 0 amide bonds. The van der Waals surface area contributed by atoms with E-state index in [0.29, 0.717) is 12.5 Å². The second-order valence-electron chi connectivity index (χ2n) is 4.19. The smallest absolute Gasteiger partial charge is 0.224 e. The Morgan fingerprint density at radius 2 is 2.20 bits per heavy atom. The predicted molar refractivity (Wildman–Crippen MR) is 60.9 cm³/mol. The van der Waals surface area contributed by atoms with Gasteiger partial charge in [0.2, 0.25) is 5.95 Å². The van der Waals surface area contributed by atoms with Gasteiger partial charge >= 0.3 is 0 Å². The zero-order chi connectivity index (χ0) is 11.3. The van der Waals surface area contributed by atoms with Crippen LogP contribution in [0.1, 0.15) is 13.8 Å². The van der Waals surface area contributed by atoms with Gasteiger partial charge in [0.05, 0.1) is 0 Å². The molecule has 0 bridgehead atoms. The molecule has 0 atom stereocenters. The van der Waals surface area contributed by atoms with Crippen molar-refractivity contribution in [2.75, 3.05) is 30.8 Å². The molecule has 3 N–H and O–H groups in total. The van der Waals surface area contributed by atoms with E-state index in [1.807, 2.05) is 13.8 Å². The summed E-state index contributed by atoms with van der Waals surface area (Å²) >= 11 is 0. The molecule has 1 rings (SSSR count). The Morgan fingerprint density at radius 3 is 2.80 bits per heavy atom. The van der Waals surface area contributed by atoms with E-state index in [-0.39, 0.29) is 12.0 Å². The van der Waals surface area contributed by atoms with Crippen molar-refractivity contribution in [2.45, 2.75) is 13.8 Å². The minimum atomic E-state index is -0.148. The van der Waals surface area contributed by atoms with Crippen LogP contribution in [0.3, 0.4) is 0 Å². The van der Waals surface area contributed by atoms with Gasteiger partial charge in [0.1, 0.15) is 5.82 Å². The van der Waals surface area contributed by atoms with Crippen molar-refractivity contribution in [1.29, 1.82) is 0 Å². The second-order valence-corrected chi connectivity index (χ2v) is 4.19. The minimum absolute atomic E-state index is 0.143. The van der Waals surface area contributed by atoms with Crippen LogP contribution in [0.15, 0.2) is 12.3 Å². The molecule has 0 fully saturated rings. The Morgan fingerprint density at radius 1 is 1.47 bits per heavy atom. The number of hydrogen-bond acceptors (Lipinski definition) is 5. The molecular weight excluding hydrogens is 192 g/mol. The number of nitrogens with zero attached hydrogens (tertiary/aromatic N) is 2. The Labute approximate surface area is 90.0 Å². The van der Waals surface area contributed by atoms with E-state index < -0.39 is 0 Å². The molecule has 0 aliphatic heterocycles. The summed E-state index contributed by atoms with van der Waals surface area (Å²) in [7, 11) is 1.77. The van der Waals surface area contributed by atoms with E-state index >= 15 is 0 Å². The molecule has 15 heavy (non-hydrogen) atoms. The quantitative estimate of drug-likeness (QED) is 0.675. The normalized spacial score (nSPS) is 11.2. The third kappa shape index (κ3) is 3.71. The first-order chi connectivity index (χ1) is 7.07. The topological polar surface area (TPSA) is 70.1 Å². The number of nitrogens with one attached hydrogen (secondary N) is 2. The lowest BCUT2D eigenvalue weighted by atomic mass is 9.95. The van der Waals surface area contributed by atoms with Gasteiger partial charge < -0.3 is 15.7 Å². The van der Waals surface area contributed by atoms with Gasteiger partial charge in [0.25, 0.3) is 0 Å². The van der Waals surface area contributed by atoms with Gasteiger partial charge in [-0.15, -0.1) is 0 Å². The zero-order valence-electron chi connectivity index (χ0n) is 9.41. The maximum Gasteiger partial charge on any atom is 0.224 e. The fraction of sp³-hybridized carbons (Fsp3) is 0.600. The van der Waals surface area contributed by atoms with Crippen molar-refractivity contribution in [2.24, 2.45) is 5.41 Å². The van der Waals surface area contributed by atoms with Crippen molar-refractivity contribution in [3.63, 3.8) is 0 Å². The Balaban J connectivity index is 2.57. The number of aliphatic hydroxyl groups is 1. The Hall–Kier alpha value is -1.36. The summed E-state index contributed by atoms with van der Waals surface area (Å²) in [6, 6.07) is 1.80. The van der Waals surface area contributed by atoms with Crippen LogP contribution in [0.25, 0.3) is 0 Å². The molecule has 1 heterocycles. The molecular formula is C10H18N4O. The average Bonchev–Trinajstić information content (AvgIpc) is 2.27. The van der Waals surface area contributed by atoms with Crippen LogP contribution in [0.2, 0.25) is 0 Å². The minimum Gasteiger partial charge on any atom is -0.396 e. The summed E-state index contributed by atoms with van der Waals surface area (Å²) in [6.07, 6.45) is 1.69. The van der Waals surface area contributed by atoms with Gasteiger partial charge in [0, 0.05) is 31.8 Å². The van der Waals surface area contributed by atoms with Crippen molar-refractivity contribution >= 4 is 11.8 Å². The van der Waals surface area contributed by atoms with Gasteiger partial charge in [0.15, 0.2) is 0 Å². The van der Waals surface area contributed by atoms with Crippen LogP contribution in [0.5, 0.6) is 0 Å². The fourth-order valence-electron chi connectivity index (χ4n) is 0.963. The molecule has 1 aromatic rings. The standard InChI is InChI=1S/C10H18N4O/c1-10(2,7-15)6-13-8-4-5-12-9(11-3)14-8/h4-5,15H,6-7H2,1-3H3,(H2,11,12,13,14). The molecule has 84 valence electrons. The molecule has 0 radical (unpaired) electrons. The Kier molecular flexibility index (Phi) is 3.85. The van der Waals surface area contributed by atoms with Gasteiger partial charge in [-0.1, -0.05) is 13.8 Å². The lowest BCUT2D eigenvalue weighted by Gasteiger charge is -2.22. The van der Waals surface area contributed by atoms with Crippen molar-refractivity contribution in [1.82, 2.24) is 9.97 Å². The maximum atomic E-state index is 9.09. The van der Waals surface area contributed by atoms with Crippen molar-refractivity contribution in [3.8, 4) is 0 Å². The highest BCUT2D eigenvalue weighted by Gasteiger charge is 2.15. The fourth-order valence-corrected chi connectivity index (χ4v) is 0.963. The third-order valence-corrected chi connectivity index (χ3v) is 2.06. The molecule has 0 aromatic carbocycles. The van der Waals surface area contributed by atoms with E-state index in [2.05, 4.69) is 20.6 Å². The summed E-state index contributed by atoms with van der Waals surface area (Å²) in [5.41, 5.74) is -0.148. The van der Waals surface area contributed by atoms with Crippen LogP contribution < -0.4 is 10.6 Å². The summed E-state index contributed by atoms with van der Waals surface area (Å²) in [5, 5.41) is 15.1. The highest BCUT2D eigenvalue weighted by atomic mass is 16.3. The molecule has 1 aromatic heterocycles. The van der Waals surface area contributed by atoms with Crippen molar-refractivity contribution < 1.29 is 5.11 Å². The number of rotatable bonds is 5. The SMILES string of the molecule is CNc1nccc(NCC(C)(C)CO)n1. The van der Waals surface area contributed by atoms with E-state index in [1.165, 1.54) is 0 Å². The highest BCUT2D eigenvalue weighted by Crippen LogP contribution is 2.14. The lowest BCUT2D eigenvalue weighted by molar-refractivity contribution is 0.170. The molecule has 0 aliphatic rings. The van der Waals surface area contributed by atoms with E-state index in [0.717, 1.165) is 5.82 Å². The summed E-state index contributed by atoms with van der Waals surface area (Å²) in [5.74, 6) is 1.35. The molecule has 0 spiro atoms. The number of anilines is 2. The van der Waals surface area contributed by atoms with Gasteiger partial charge in [-0.25, -0.2) is 4.98 Å². The number of aliphatic hydroxyl groups excluding tert-OH is 1. The van der Waals surface area contributed by atoms with Gasteiger partial charge in [-0.05, 0) is 6.07 Å². The largest absolute Gasteiger partial charge is 0.396 e. The van der Waals surface area contributed by atoms with Gasteiger partial charge in [-0.2, -0.15) is 4.98 Å². The maximum absolute atomic E-state index is 9.09. The Bertz CT molecular complexity index is 314. The molecule has 0 aliphatic carbocycles. The first-order valence-electron chi connectivity index (χ1n) is 4.93. The van der Waals surface area contributed by atoms with E-state index in [1.54, 1.807) is 19.3 Å². The number of hydrogen-bond donors (Lipinski definition) is 3. The zero-order valence-corrected chi connectivity index (χ0v) is 9.41. The molecule has 0 unspecified atom stereocenters. The lowest BCUT2D eigenvalue weighted by Crippen LogP contribution is -2.27. The van der Waals surface area contributed by atoms with Crippen LogP contribution >= 0.6 is 0 Å². The first-order valence-corrected chi connectivity index (χ1v) is 4.93. The molecule has 0 saturated heterocycles. The first kappa shape index (κ1) is 11.7.